The second kappa shape index (κ2) is 5.01. The summed E-state index contributed by atoms with van der Waals surface area (Å²) in [6.45, 7) is 0. The Morgan fingerprint density at radius 3 is 1.93 bits per heavy atom. The van der Waals surface area contributed by atoms with Crippen LogP contribution in [0.15, 0.2) is 24.3 Å². The van der Waals surface area contributed by atoms with Crippen molar-refractivity contribution in [3.63, 3.8) is 0 Å². The molecule has 0 amide bonds. The summed E-state index contributed by atoms with van der Waals surface area (Å²) in [4.78, 5) is 0. The summed E-state index contributed by atoms with van der Waals surface area (Å²) in [5.74, 6) is 5.09. The molecule has 1 aromatic rings. The molecule has 0 bridgehead atoms. The Bertz CT molecular complexity index is 378. The zero-order valence-corrected chi connectivity index (χ0v) is 8.60. The molecule has 0 saturated heterocycles. The molecule has 6 nitrogen and oxygen atoms in total. The van der Waals surface area contributed by atoms with Crippen LogP contribution in [0.1, 0.15) is 0 Å². The van der Waals surface area contributed by atoms with Crippen LogP contribution in [-0.4, -0.2) is 13.0 Å². The van der Waals surface area contributed by atoms with Crippen molar-refractivity contribution in [1.82, 2.24) is 0 Å². The zero-order chi connectivity index (χ0) is 9.90. The lowest BCUT2D eigenvalue weighted by molar-refractivity contribution is 0.490. The smallest absolute Gasteiger partial charge is 0.324 e. The van der Waals surface area contributed by atoms with E-state index in [0.717, 1.165) is 0 Å². The molecule has 0 atom stereocenters. The minimum atomic E-state index is -4.20. The predicted octanol–water partition coefficient (Wildman–Crippen LogP) is 0.609. The minimum absolute atomic E-state index is 0. The van der Waals surface area contributed by atoms with Gasteiger partial charge in [0, 0.05) is 5.69 Å². The number of hydrazine groups is 1. The lowest BCUT2D eigenvalue weighted by Gasteiger charge is -2.03. The highest BCUT2D eigenvalue weighted by Gasteiger charge is 2.02. The van der Waals surface area contributed by atoms with E-state index in [9.17, 15) is 8.42 Å². The molecular weight excluding hydrogens is 230 g/mol. The first kappa shape index (κ1) is 13.0. The molecule has 14 heavy (non-hydrogen) atoms. The van der Waals surface area contributed by atoms with Gasteiger partial charge in [-0.1, -0.05) is 0 Å². The topological polar surface area (TPSA) is 104 Å². The molecule has 0 fully saturated rings. The van der Waals surface area contributed by atoms with Crippen molar-refractivity contribution < 1.29 is 13.0 Å². The fourth-order valence-electron chi connectivity index (χ4n) is 0.783. The summed E-state index contributed by atoms with van der Waals surface area (Å²) in [5.41, 5.74) is 3.28. The SMILES string of the molecule is Cl.NNc1ccc(NS(=O)(=O)O)cc1. The van der Waals surface area contributed by atoms with Gasteiger partial charge in [-0.05, 0) is 24.3 Å². The summed E-state index contributed by atoms with van der Waals surface area (Å²) in [6, 6.07) is 6.05. The summed E-state index contributed by atoms with van der Waals surface area (Å²) in [7, 11) is -4.20. The third-order valence-electron chi connectivity index (χ3n) is 1.30. The van der Waals surface area contributed by atoms with Crippen LogP contribution < -0.4 is 16.0 Å². The molecule has 0 aliphatic heterocycles. The molecule has 1 rings (SSSR count). The van der Waals surface area contributed by atoms with Crippen LogP contribution in [0.3, 0.4) is 0 Å². The first-order valence-corrected chi connectivity index (χ1v) is 4.77. The molecule has 1 aromatic carbocycles. The van der Waals surface area contributed by atoms with E-state index >= 15 is 0 Å². The Labute approximate surface area is 87.8 Å². The number of nitrogens with two attached hydrogens (primary N) is 1. The first-order chi connectivity index (χ1) is 6.01. The molecule has 0 aliphatic rings. The largest absolute Gasteiger partial charge is 0.357 e. The van der Waals surface area contributed by atoms with Gasteiger partial charge in [0.25, 0.3) is 0 Å². The fourth-order valence-corrected chi connectivity index (χ4v) is 1.22. The molecule has 0 radical (unpaired) electrons. The van der Waals surface area contributed by atoms with Crippen LogP contribution in [-0.2, 0) is 10.3 Å². The Morgan fingerprint density at radius 2 is 1.57 bits per heavy atom. The third kappa shape index (κ3) is 4.28. The molecule has 80 valence electrons. The number of nitrogen functional groups attached to an aromatic ring is 1. The lowest BCUT2D eigenvalue weighted by atomic mass is 10.3. The lowest BCUT2D eigenvalue weighted by Crippen LogP contribution is -2.10. The maximum atomic E-state index is 10.4. The number of anilines is 2. The summed E-state index contributed by atoms with van der Waals surface area (Å²) >= 11 is 0. The molecule has 0 spiro atoms. The highest BCUT2D eigenvalue weighted by Crippen LogP contribution is 2.12. The van der Waals surface area contributed by atoms with Crippen LogP contribution in [0.25, 0.3) is 0 Å². The molecule has 0 aromatic heterocycles. The van der Waals surface area contributed by atoms with Gasteiger partial charge in [-0.25, -0.2) is 0 Å². The second-order valence-corrected chi connectivity index (χ2v) is 3.45. The Kier molecular flexibility index (Phi) is 4.64. The highest BCUT2D eigenvalue weighted by atomic mass is 35.5. The molecule has 8 heteroatoms. The summed E-state index contributed by atoms with van der Waals surface area (Å²) in [5, 5.41) is 0. The average molecular weight is 240 g/mol. The van der Waals surface area contributed by atoms with Crippen molar-refractivity contribution in [2.24, 2.45) is 5.84 Å². The van der Waals surface area contributed by atoms with Crippen molar-refractivity contribution in [2.75, 3.05) is 10.1 Å². The van der Waals surface area contributed by atoms with E-state index in [1.54, 1.807) is 12.1 Å². The normalized spacial score (nSPS) is 10.1. The minimum Gasteiger partial charge on any atom is -0.324 e. The molecular formula is C6H10ClN3O3S. The molecule has 0 saturated carbocycles. The van der Waals surface area contributed by atoms with Gasteiger partial charge in [0.15, 0.2) is 0 Å². The van der Waals surface area contributed by atoms with E-state index in [1.807, 2.05) is 4.72 Å². The summed E-state index contributed by atoms with van der Waals surface area (Å²) < 4.78 is 31.0. The fraction of sp³-hybridized carbons (Fsp3) is 0. The third-order valence-corrected chi connectivity index (χ3v) is 1.79. The van der Waals surface area contributed by atoms with E-state index in [2.05, 4.69) is 5.43 Å². The maximum absolute atomic E-state index is 10.4. The van der Waals surface area contributed by atoms with Crippen molar-refractivity contribution in [3.05, 3.63) is 24.3 Å². The number of nitrogens with one attached hydrogen (secondary N) is 2. The second-order valence-electron chi connectivity index (χ2n) is 2.30. The number of hydrogen-bond acceptors (Lipinski definition) is 4. The van der Waals surface area contributed by atoms with Crippen LogP contribution in [0.5, 0.6) is 0 Å². The number of benzene rings is 1. The van der Waals surface area contributed by atoms with Crippen LogP contribution >= 0.6 is 12.4 Å². The van der Waals surface area contributed by atoms with Gasteiger partial charge in [0.2, 0.25) is 0 Å². The van der Waals surface area contributed by atoms with Gasteiger partial charge in [-0.3, -0.25) is 15.1 Å². The van der Waals surface area contributed by atoms with E-state index in [0.29, 0.717) is 5.69 Å². The van der Waals surface area contributed by atoms with Gasteiger partial charge in [-0.2, -0.15) is 8.42 Å². The standard InChI is InChI=1S/C6H9N3O3S.ClH/c7-8-5-1-3-6(4-2-5)9-13(10,11)12;/h1-4,8-9H,7H2,(H,10,11,12);1H. The molecule has 0 unspecified atom stereocenters. The molecule has 5 N–H and O–H groups in total. The quantitative estimate of drug-likeness (QED) is 0.351. The molecule has 0 aliphatic carbocycles. The predicted molar refractivity (Wildman–Crippen MR) is 56.7 cm³/mol. The van der Waals surface area contributed by atoms with Gasteiger partial charge in [-0.15, -0.1) is 12.4 Å². The van der Waals surface area contributed by atoms with E-state index in [4.69, 9.17) is 10.4 Å². The monoisotopic (exact) mass is 239 g/mol. The highest BCUT2D eigenvalue weighted by molar-refractivity contribution is 7.87. The van der Waals surface area contributed by atoms with Gasteiger partial charge >= 0.3 is 10.3 Å². The number of hydrogen-bond donors (Lipinski definition) is 4. The van der Waals surface area contributed by atoms with E-state index in [-0.39, 0.29) is 18.1 Å². The van der Waals surface area contributed by atoms with Crippen molar-refractivity contribution in [2.45, 2.75) is 0 Å². The van der Waals surface area contributed by atoms with Gasteiger partial charge in [0.05, 0.1) is 5.69 Å². The first-order valence-electron chi connectivity index (χ1n) is 3.33. The maximum Gasteiger partial charge on any atom is 0.357 e. The van der Waals surface area contributed by atoms with Crippen molar-refractivity contribution >= 4 is 34.1 Å². The molecule has 0 heterocycles. The van der Waals surface area contributed by atoms with Crippen molar-refractivity contribution in [3.8, 4) is 0 Å². The van der Waals surface area contributed by atoms with Crippen LogP contribution in [0, 0.1) is 0 Å². The summed E-state index contributed by atoms with van der Waals surface area (Å²) in [6.07, 6.45) is 0. The van der Waals surface area contributed by atoms with Gasteiger partial charge < -0.3 is 5.43 Å². The van der Waals surface area contributed by atoms with Crippen LogP contribution in [0.2, 0.25) is 0 Å². The number of rotatable bonds is 3. The van der Waals surface area contributed by atoms with Gasteiger partial charge in [0.1, 0.15) is 0 Å². The zero-order valence-electron chi connectivity index (χ0n) is 6.97. The Balaban J connectivity index is 0.00000169. The van der Waals surface area contributed by atoms with Crippen molar-refractivity contribution in [1.29, 1.82) is 0 Å². The van der Waals surface area contributed by atoms with E-state index in [1.165, 1.54) is 12.1 Å². The van der Waals surface area contributed by atoms with Crippen LogP contribution in [0.4, 0.5) is 11.4 Å². The van der Waals surface area contributed by atoms with E-state index < -0.39 is 10.3 Å². The Morgan fingerprint density at radius 1 is 1.14 bits per heavy atom. The Hall–Kier alpha value is -1.02. The number of halogens is 1. The average Bonchev–Trinajstić information content (AvgIpc) is 2.03.